The molecular formula is C22H17N3O6. The number of methoxy groups -OCH3 is 1. The number of nitro groups is 1. The van der Waals surface area contributed by atoms with Crippen LogP contribution < -0.4 is 14.9 Å². The first-order valence-corrected chi connectivity index (χ1v) is 9.01. The van der Waals surface area contributed by atoms with Crippen LogP contribution in [0.4, 0.5) is 5.69 Å². The minimum absolute atomic E-state index is 0.118. The predicted molar refractivity (Wildman–Crippen MR) is 113 cm³/mol. The number of non-ortho nitro benzene ring substituents is 1. The Morgan fingerprint density at radius 1 is 0.968 bits per heavy atom. The molecule has 3 rings (SSSR count). The summed E-state index contributed by atoms with van der Waals surface area (Å²) in [6.07, 6.45) is 1.33. The van der Waals surface area contributed by atoms with Crippen LogP contribution in [-0.4, -0.2) is 30.1 Å². The minimum Gasteiger partial charge on any atom is -0.497 e. The lowest BCUT2D eigenvalue weighted by atomic mass is 10.2. The monoisotopic (exact) mass is 419 g/mol. The summed E-state index contributed by atoms with van der Waals surface area (Å²) < 4.78 is 10.5. The summed E-state index contributed by atoms with van der Waals surface area (Å²) in [7, 11) is 1.53. The van der Waals surface area contributed by atoms with Crippen LogP contribution in [0.3, 0.4) is 0 Å². The number of para-hydroxylation sites is 1. The van der Waals surface area contributed by atoms with Gasteiger partial charge in [-0.15, -0.1) is 0 Å². The largest absolute Gasteiger partial charge is 0.497 e. The maximum atomic E-state index is 12.4. The molecule has 0 aliphatic heterocycles. The van der Waals surface area contributed by atoms with Crippen molar-refractivity contribution in [3.05, 3.63) is 99.6 Å². The van der Waals surface area contributed by atoms with Gasteiger partial charge in [-0.3, -0.25) is 14.9 Å². The lowest BCUT2D eigenvalue weighted by Crippen LogP contribution is -2.17. The maximum absolute atomic E-state index is 12.4. The van der Waals surface area contributed by atoms with Crippen molar-refractivity contribution in [2.75, 3.05) is 7.11 Å². The molecule has 0 aliphatic carbocycles. The van der Waals surface area contributed by atoms with Gasteiger partial charge < -0.3 is 9.47 Å². The van der Waals surface area contributed by atoms with Crippen LogP contribution in [0, 0.1) is 10.1 Å². The first kappa shape index (κ1) is 21.2. The number of esters is 1. The molecule has 0 bridgehead atoms. The molecule has 9 nitrogen and oxygen atoms in total. The van der Waals surface area contributed by atoms with Gasteiger partial charge in [-0.1, -0.05) is 12.1 Å². The summed E-state index contributed by atoms with van der Waals surface area (Å²) in [6.45, 7) is 0. The normalized spacial score (nSPS) is 10.5. The van der Waals surface area contributed by atoms with Crippen LogP contribution in [0.5, 0.6) is 11.5 Å². The molecule has 0 radical (unpaired) electrons. The first-order chi connectivity index (χ1) is 15.0. The molecule has 0 spiro atoms. The fourth-order valence-electron chi connectivity index (χ4n) is 2.53. The number of nitrogens with one attached hydrogen (secondary N) is 1. The molecule has 0 saturated heterocycles. The summed E-state index contributed by atoms with van der Waals surface area (Å²) in [4.78, 5) is 34.6. The molecule has 0 aliphatic rings. The van der Waals surface area contributed by atoms with Gasteiger partial charge in [0.05, 0.1) is 23.8 Å². The van der Waals surface area contributed by atoms with Crippen molar-refractivity contribution < 1.29 is 24.0 Å². The second-order valence-corrected chi connectivity index (χ2v) is 6.16. The number of amides is 1. The molecule has 31 heavy (non-hydrogen) atoms. The van der Waals surface area contributed by atoms with Crippen LogP contribution in [0.2, 0.25) is 0 Å². The van der Waals surface area contributed by atoms with Gasteiger partial charge in [0.2, 0.25) is 0 Å². The van der Waals surface area contributed by atoms with Crippen molar-refractivity contribution in [2.24, 2.45) is 5.10 Å². The molecule has 1 N–H and O–H groups in total. The van der Waals surface area contributed by atoms with Gasteiger partial charge in [-0.25, -0.2) is 10.2 Å². The highest BCUT2D eigenvalue weighted by atomic mass is 16.6. The fraction of sp³-hybridized carbons (Fsp3) is 0.0455. The Hall–Kier alpha value is -4.53. The van der Waals surface area contributed by atoms with Crippen LogP contribution in [-0.2, 0) is 0 Å². The molecule has 0 atom stereocenters. The SMILES string of the molecule is COc1ccc(C(=O)Oc2ccccc2/C=N\NC(=O)c2ccc([N+](=O)[O-])cc2)cc1. The van der Waals surface area contributed by atoms with Crippen LogP contribution >= 0.6 is 0 Å². The summed E-state index contributed by atoms with van der Waals surface area (Å²) in [5.74, 6) is -0.221. The topological polar surface area (TPSA) is 120 Å². The van der Waals surface area contributed by atoms with E-state index in [4.69, 9.17) is 9.47 Å². The average molecular weight is 419 g/mol. The maximum Gasteiger partial charge on any atom is 0.343 e. The molecule has 1 amide bonds. The van der Waals surface area contributed by atoms with Crippen molar-refractivity contribution >= 4 is 23.8 Å². The smallest absolute Gasteiger partial charge is 0.343 e. The molecular weight excluding hydrogens is 402 g/mol. The third-order valence-electron chi connectivity index (χ3n) is 4.16. The summed E-state index contributed by atoms with van der Waals surface area (Å²) >= 11 is 0. The molecule has 0 unspecified atom stereocenters. The number of ether oxygens (including phenoxy) is 2. The van der Waals surface area contributed by atoms with Crippen LogP contribution in [0.15, 0.2) is 77.9 Å². The van der Waals surface area contributed by atoms with Crippen molar-refractivity contribution in [3.8, 4) is 11.5 Å². The van der Waals surface area contributed by atoms with Gasteiger partial charge in [0, 0.05) is 23.3 Å². The highest BCUT2D eigenvalue weighted by Gasteiger charge is 2.12. The van der Waals surface area contributed by atoms with Gasteiger partial charge in [-0.2, -0.15) is 5.10 Å². The van der Waals surface area contributed by atoms with E-state index in [2.05, 4.69) is 10.5 Å². The van der Waals surface area contributed by atoms with Crippen LogP contribution in [0.25, 0.3) is 0 Å². The molecule has 0 aromatic heterocycles. The zero-order valence-electron chi connectivity index (χ0n) is 16.3. The Morgan fingerprint density at radius 3 is 2.26 bits per heavy atom. The highest BCUT2D eigenvalue weighted by molar-refractivity contribution is 5.96. The summed E-state index contributed by atoms with van der Waals surface area (Å²) in [5, 5.41) is 14.6. The Bertz CT molecular complexity index is 1120. The van der Waals surface area contributed by atoms with E-state index in [0.29, 0.717) is 16.9 Å². The van der Waals surface area contributed by atoms with Gasteiger partial charge in [-0.05, 0) is 48.5 Å². The number of rotatable bonds is 7. The quantitative estimate of drug-likeness (QED) is 0.205. The van der Waals surface area contributed by atoms with Gasteiger partial charge in [0.15, 0.2) is 0 Å². The molecule has 3 aromatic rings. The van der Waals surface area contributed by atoms with E-state index < -0.39 is 16.8 Å². The lowest BCUT2D eigenvalue weighted by molar-refractivity contribution is -0.384. The first-order valence-electron chi connectivity index (χ1n) is 9.01. The van der Waals surface area contributed by atoms with Gasteiger partial charge >= 0.3 is 5.97 Å². The zero-order chi connectivity index (χ0) is 22.2. The van der Waals surface area contributed by atoms with Crippen molar-refractivity contribution in [1.29, 1.82) is 0 Å². The second kappa shape index (κ2) is 9.79. The number of nitrogens with zero attached hydrogens (tertiary/aromatic N) is 2. The van der Waals surface area contributed by atoms with E-state index in [-0.39, 0.29) is 17.0 Å². The number of carbonyl (C=O) groups is 2. The van der Waals surface area contributed by atoms with Gasteiger partial charge in [0.1, 0.15) is 11.5 Å². The van der Waals surface area contributed by atoms with E-state index in [0.717, 1.165) is 0 Å². The Balaban J connectivity index is 1.66. The highest BCUT2D eigenvalue weighted by Crippen LogP contribution is 2.19. The molecule has 3 aromatic carbocycles. The van der Waals surface area contributed by atoms with Crippen molar-refractivity contribution in [3.63, 3.8) is 0 Å². The fourth-order valence-corrected chi connectivity index (χ4v) is 2.53. The number of hydrazone groups is 1. The van der Waals surface area contributed by atoms with E-state index in [9.17, 15) is 19.7 Å². The summed E-state index contributed by atoms with van der Waals surface area (Å²) in [5.41, 5.74) is 3.23. The average Bonchev–Trinajstić information content (AvgIpc) is 2.80. The van der Waals surface area contributed by atoms with Gasteiger partial charge in [0.25, 0.3) is 11.6 Å². The second-order valence-electron chi connectivity index (χ2n) is 6.16. The predicted octanol–water partition coefficient (Wildman–Crippen LogP) is 3.59. The van der Waals surface area contributed by atoms with E-state index in [1.165, 1.54) is 37.6 Å². The number of benzene rings is 3. The minimum atomic E-state index is -0.557. The van der Waals surface area contributed by atoms with Crippen molar-refractivity contribution in [2.45, 2.75) is 0 Å². The standard InChI is InChI=1S/C22H17N3O6/c1-30-19-12-8-16(9-13-19)22(27)31-20-5-3-2-4-17(20)14-23-24-21(26)15-6-10-18(11-7-15)25(28)29/h2-14H,1H3,(H,24,26)/b23-14-. The number of carbonyl (C=O) groups excluding carboxylic acids is 2. The number of hydrogen-bond acceptors (Lipinski definition) is 7. The number of hydrogen-bond donors (Lipinski definition) is 1. The van der Waals surface area contributed by atoms with E-state index >= 15 is 0 Å². The molecule has 0 heterocycles. The zero-order valence-corrected chi connectivity index (χ0v) is 16.3. The Kier molecular flexibility index (Phi) is 6.69. The van der Waals surface area contributed by atoms with E-state index in [1.54, 1.807) is 48.5 Å². The van der Waals surface area contributed by atoms with Crippen molar-refractivity contribution in [1.82, 2.24) is 5.43 Å². The summed E-state index contributed by atoms with van der Waals surface area (Å²) in [6, 6.07) is 18.3. The molecule has 0 fully saturated rings. The third-order valence-corrected chi connectivity index (χ3v) is 4.16. The number of nitro benzene ring substituents is 1. The Morgan fingerprint density at radius 2 is 1.61 bits per heavy atom. The lowest BCUT2D eigenvalue weighted by Gasteiger charge is -2.08. The molecule has 9 heteroatoms. The molecule has 0 saturated carbocycles. The molecule has 156 valence electrons. The third kappa shape index (κ3) is 5.51. The Labute approximate surface area is 177 Å². The van der Waals surface area contributed by atoms with E-state index in [1.807, 2.05) is 0 Å². The van der Waals surface area contributed by atoms with Crippen LogP contribution in [0.1, 0.15) is 26.3 Å².